The highest BCUT2D eigenvalue weighted by molar-refractivity contribution is 5.83. The Balaban J connectivity index is 2.48. The number of nitrogen functional groups attached to an aromatic ring is 1. The number of nitrogens with one attached hydrogen (secondary N) is 1. The van der Waals surface area contributed by atoms with Gasteiger partial charge in [0.15, 0.2) is 6.61 Å². The maximum atomic E-state index is 11.9. The summed E-state index contributed by atoms with van der Waals surface area (Å²) in [4.78, 5) is 23.6. The van der Waals surface area contributed by atoms with Crippen molar-refractivity contribution in [3.8, 4) is 0 Å². The van der Waals surface area contributed by atoms with E-state index in [4.69, 9.17) is 10.5 Å². The molecule has 0 aliphatic heterocycles. The van der Waals surface area contributed by atoms with Crippen LogP contribution >= 0.6 is 0 Å². The lowest BCUT2D eigenvalue weighted by Gasteiger charge is -2.18. The Morgan fingerprint density at radius 2 is 1.90 bits per heavy atom. The third-order valence-corrected chi connectivity index (χ3v) is 3.50. The molecule has 1 aromatic carbocycles. The van der Waals surface area contributed by atoms with Crippen molar-refractivity contribution in [3.05, 3.63) is 29.8 Å². The summed E-state index contributed by atoms with van der Waals surface area (Å²) in [5.41, 5.74) is 7.05. The molecule has 0 aliphatic rings. The number of ether oxygens (including phenoxy) is 1. The molecule has 2 unspecified atom stereocenters. The van der Waals surface area contributed by atoms with Crippen LogP contribution in [0, 0.1) is 5.92 Å². The van der Waals surface area contributed by atoms with Crippen LogP contribution in [0.1, 0.15) is 39.2 Å². The summed E-state index contributed by atoms with van der Waals surface area (Å²) in [7, 11) is 0. The molecule has 0 spiro atoms. The van der Waals surface area contributed by atoms with Gasteiger partial charge in [0.05, 0.1) is 5.92 Å². The third-order valence-electron chi connectivity index (χ3n) is 3.50. The van der Waals surface area contributed by atoms with Gasteiger partial charge in [-0.1, -0.05) is 26.0 Å². The van der Waals surface area contributed by atoms with Crippen molar-refractivity contribution < 1.29 is 14.3 Å². The fourth-order valence-electron chi connectivity index (χ4n) is 1.69. The first-order chi connectivity index (χ1) is 9.81. The summed E-state index contributed by atoms with van der Waals surface area (Å²) in [6, 6.07) is 7.12. The van der Waals surface area contributed by atoms with E-state index in [2.05, 4.69) is 5.32 Å². The summed E-state index contributed by atoms with van der Waals surface area (Å²) in [6.45, 7) is 7.41. The van der Waals surface area contributed by atoms with E-state index >= 15 is 0 Å². The van der Waals surface area contributed by atoms with Crippen LogP contribution in [0.3, 0.4) is 0 Å². The van der Waals surface area contributed by atoms with E-state index in [1.54, 1.807) is 25.1 Å². The molecule has 0 saturated heterocycles. The fraction of sp³-hybridized carbons (Fsp3) is 0.500. The molecular formula is C16H24N2O3. The van der Waals surface area contributed by atoms with E-state index in [0.29, 0.717) is 11.6 Å². The Kier molecular flexibility index (Phi) is 6.21. The number of carbonyl (C=O) groups excluding carboxylic acids is 2. The second-order valence-electron chi connectivity index (χ2n) is 5.60. The van der Waals surface area contributed by atoms with Gasteiger partial charge in [0.1, 0.15) is 0 Å². The summed E-state index contributed by atoms with van der Waals surface area (Å²) < 4.78 is 5.05. The molecule has 116 valence electrons. The van der Waals surface area contributed by atoms with Gasteiger partial charge in [0, 0.05) is 11.7 Å². The number of amides is 1. The Hall–Kier alpha value is -2.04. The maximum absolute atomic E-state index is 11.9. The van der Waals surface area contributed by atoms with E-state index in [0.717, 1.165) is 5.56 Å². The summed E-state index contributed by atoms with van der Waals surface area (Å²) in [6.07, 6.45) is 0. The fourth-order valence-corrected chi connectivity index (χ4v) is 1.69. The number of anilines is 1. The lowest BCUT2D eigenvalue weighted by molar-refractivity contribution is -0.149. The average molecular weight is 292 g/mol. The first-order valence-corrected chi connectivity index (χ1v) is 7.12. The summed E-state index contributed by atoms with van der Waals surface area (Å²) in [5.74, 6) is -0.850. The minimum atomic E-state index is -0.455. The zero-order chi connectivity index (χ0) is 16.0. The van der Waals surface area contributed by atoms with Crippen molar-refractivity contribution in [2.24, 2.45) is 5.92 Å². The number of hydrogen-bond donors (Lipinski definition) is 2. The van der Waals surface area contributed by atoms with Crippen molar-refractivity contribution >= 4 is 17.6 Å². The van der Waals surface area contributed by atoms with Crippen molar-refractivity contribution in [2.45, 2.75) is 39.7 Å². The molecule has 0 heterocycles. The van der Waals surface area contributed by atoms with Gasteiger partial charge >= 0.3 is 5.97 Å². The third kappa shape index (κ3) is 5.45. The highest BCUT2D eigenvalue weighted by atomic mass is 16.5. The van der Waals surface area contributed by atoms with E-state index < -0.39 is 11.9 Å². The van der Waals surface area contributed by atoms with E-state index in [-0.39, 0.29) is 18.6 Å². The van der Waals surface area contributed by atoms with Gasteiger partial charge < -0.3 is 15.8 Å². The van der Waals surface area contributed by atoms with Gasteiger partial charge in [-0.25, -0.2) is 0 Å². The van der Waals surface area contributed by atoms with Gasteiger partial charge in [-0.05, 0) is 37.5 Å². The molecule has 0 aromatic heterocycles. The molecule has 0 aliphatic carbocycles. The predicted molar refractivity (Wildman–Crippen MR) is 82.7 cm³/mol. The van der Waals surface area contributed by atoms with Crippen LogP contribution in [-0.4, -0.2) is 24.5 Å². The zero-order valence-electron chi connectivity index (χ0n) is 13.1. The number of rotatable bonds is 6. The second kappa shape index (κ2) is 7.67. The van der Waals surface area contributed by atoms with Crippen molar-refractivity contribution in [1.29, 1.82) is 0 Å². The van der Waals surface area contributed by atoms with Crippen LogP contribution < -0.4 is 11.1 Å². The van der Waals surface area contributed by atoms with E-state index in [9.17, 15) is 9.59 Å². The smallest absolute Gasteiger partial charge is 0.313 e. The van der Waals surface area contributed by atoms with E-state index in [1.165, 1.54) is 0 Å². The van der Waals surface area contributed by atoms with Gasteiger partial charge in [0.2, 0.25) is 0 Å². The molecule has 0 saturated carbocycles. The van der Waals surface area contributed by atoms with Crippen LogP contribution in [0.5, 0.6) is 0 Å². The molecule has 0 fully saturated rings. The molecule has 2 atom stereocenters. The Labute approximate surface area is 125 Å². The first-order valence-electron chi connectivity index (χ1n) is 7.12. The first kappa shape index (κ1) is 17.0. The maximum Gasteiger partial charge on any atom is 0.313 e. The van der Waals surface area contributed by atoms with Gasteiger partial charge in [-0.3, -0.25) is 9.59 Å². The molecule has 3 N–H and O–H groups in total. The number of hydrogen-bond acceptors (Lipinski definition) is 4. The highest BCUT2D eigenvalue weighted by Crippen LogP contribution is 2.18. The molecule has 1 rings (SSSR count). The standard InChI is InChI=1S/C16H24N2O3/c1-10(2)12(4)18-15(19)9-21-16(20)11(3)13-6-5-7-14(17)8-13/h5-8,10-12H,9,17H2,1-4H3,(H,18,19). The number of nitrogens with two attached hydrogens (primary N) is 1. The van der Waals surface area contributed by atoms with Crippen molar-refractivity contribution in [1.82, 2.24) is 5.32 Å². The molecule has 1 aromatic rings. The Bertz CT molecular complexity index is 500. The minimum absolute atomic E-state index is 0.0440. The lowest BCUT2D eigenvalue weighted by Crippen LogP contribution is -2.39. The van der Waals surface area contributed by atoms with Crippen LogP contribution in [-0.2, 0) is 14.3 Å². The van der Waals surface area contributed by atoms with Crippen LogP contribution in [0.25, 0.3) is 0 Å². The highest BCUT2D eigenvalue weighted by Gasteiger charge is 2.19. The van der Waals surface area contributed by atoms with Crippen LogP contribution in [0.4, 0.5) is 5.69 Å². The van der Waals surface area contributed by atoms with Crippen molar-refractivity contribution in [3.63, 3.8) is 0 Å². The summed E-state index contributed by atoms with van der Waals surface area (Å²) in [5, 5.41) is 2.79. The predicted octanol–water partition coefficient (Wildman–Crippen LogP) is 2.08. The van der Waals surface area contributed by atoms with Gasteiger partial charge in [-0.15, -0.1) is 0 Å². The largest absolute Gasteiger partial charge is 0.455 e. The quantitative estimate of drug-likeness (QED) is 0.621. The number of benzene rings is 1. The van der Waals surface area contributed by atoms with E-state index in [1.807, 2.05) is 26.8 Å². The molecule has 0 radical (unpaired) electrons. The number of esters is 1. The zero-order valence-corrected chi connectivity index (χ0v) is 13.1. The van der Waals surface area contributed by atoms with Crippen molar-refractivity contribution in [2.75, 3.05) is 12.3 Å². The molecule has 21 heavy (non-hydrogen) atoms. The lowest BCUT2D eigenvalue weighted by atomic mass is 10.0. The van der Waals surface area contributed by atoms with Crippen LogP contribution in [0.15, 0.2) is 24.3 Å². The average Bonchev–Trinajstić information content (AvgIpc) is 2.43. The molecule has 5 nitrogen and oxygen atoms in total. The number of carbonyl (C=O) groups is 2. The molecule has 0 bridgehead atoms. The summed E-state index contributed by atoms with van der Waals surface area (Å²) >= 11 is 0. The molecular weight excluding hydrogens is 268 g/mol. The normalized spacial score (nSPS) is 13.6. The van der Waals surface area contributed by atoms with Crippen LogP contribution in [0.2, 0.25) is 0 Å². The SMILES string of the molecule is CC(C(=O)OCC(=O)NC(C)C(C)C)c1cccc(N)c1. The Morgan fingerprint density at radius 1 is 1.24 bits per heavy atom. The monoisotopic (exact) mass is 292 g/mol. The van der Waals surface area contributed by atoms with Gasteiger partial charge in [0.25, 0.3) is 5.91 Å². The molecule has 5 heteroatoms. The topological polar surface area (TPSA) is 81.4 Å². The Morgan fingerprint density at radius 3 is 2.48 bits per heavy atom. The molecule has 1 amide bonds. The second-order valence-corrected chi connectivity index (χ2v) is 5.60. The van der Waals surface area contributed by atoms with Gasteiger partial charge in [-0.2, -0.15) is 0 Å². The minimum Gasteiger partial charge on any atom is -0.455 e.